The minimum atomic E-state index is -0.668. The molecule has 0 aliphatic rings. The maximum absolute atomic E-state index is 12.5. The first-order valence-corrected chi connectivity index (χ1v) is 30.2. The number of hydrogen-bond acceptors (Lipinski definition) is 5. The van der Waals surface area contributed by atoms with Crippen LogP contribution < -0.4 is 5.32 Å². The third-order valence-corrected chi connectivity index (χ3v) is 13.9. The van der Waals surface area contributed by atoms with Crippen LogP contribution in [0, 0.1) is 0 Å². The average Bonchev–Trinajstić information content (AvgIpc) is 3.34. The van der Waals surface area contributed by atoms with Crippen LogP contribution in [0.25, 0.3) is 0 Å². The minimum Gasteiger partial charge on any atom is -0.466 e. The molecule has 0 radical (unpaired) electrons. The molecule has 0 saturated carbocycles. The highest BCUT2D eigenvalue weighted by Gasteiger charge is 2.20. The van der Waals surface area contributed by atoms with Crippen molar-refractivity contribution in [1.29, 1.82) is 0 Å². The molecule has 1 amide bonds. The Morgan fingerprint density at radius 3 is 1.15 bits per heavy atom. The molecule has 400 valence electrons. The number of esters is 1. The summed E-state index contributed by atoms with van der Waals surface area (Å²) in [5.74, 6) is -0.0455. The fourth-order valence-electron chi connectivity index (χ4n) is 9.25. The van der Waals surface area contributed by atoms with Crippen molar-refractivity contribution in [2.45, 2.75) is 334 Å². The highest BCUT2D eigenvalue weighted by Crippen LogP contribution is 2.17. The van der Waals surface area contributed by atoms with Crippen molar-refractivity contribution in [3.8, 4) is 0 Å². The van der Waals surface area contributed by atoms with Crippen LogP contribution in [-0.2, 0) is 14.3 Å². The van der Waals surface area contributed by atoms with Crippen molar-refractivity contribution < 1.29 is 24.5 Å². The molecule has 68 heavy (non-hydrogen) atoms. The first kappa shape index (κ1) is 66.1. The van der Waals surface area contributed by atoms with Crippen molar-refractivity contribution in [3.63, 3.8) is 0 Å². The van der Waals surface area contributed by atoms with E-state index < -0.39 is 12.1 Å². The Hall–Kier alpha value is -1.92. The van der Waals surface area contributed by atoms with E-state index >= 15 is 0 Å². The molecule has 0 fully saturated rings. The van der Waals surface area contributed by atoms with E-state index in [1.165, 1.54) is 238 Å². The monoisotopic (exact) mass is 956 g/mol. The van der Waals surface area contributed by atoms with Gasteiger partial charge >= 0.3 is 5.97 Å². The van der Waals surface area contributed by atoms with Gasteiger partial charge in [0.05, 0.1) is 25.4 Å². The SMILES string of the molecule is CCCCCC/C=C\C/C=C\CCCCCCCC(=O)OCCCCCCCCCCCCC/C=C\CCCCCCCCCC(=O)NC(CO)C(O)CCCCCCCCCCCCCCC. The van der Waals surface area contributed by atoms with E-state index in [1.807, 2.05) is 0 Å². The second-order valence-electron chi connectivity index (χ2n) is 20.7. The lowest BCUT2D eigenvalue weighted by atomic mass is 10.0. The summed E-state index contributed by atoms with van der Waals surface area (Å²) in [5, 5.41) is 23.2. The number of aliphatic hydroxyl groups is 2. The van der Waals surface area contributed by atoms with E-state index in [0.717, 1.165) is 51.4 Å². The van der Waals surface area contributed by atoms with Gasteiger partial charge in [0.2, 0.25) is 5.91 Å². The molecule has 0 aliphatic heterocycles. The maximum atomic E-state index is 12.5. The van der Waals surface area contributed by atoms with Gasteiger partial charge in [0, 0.05) is 12.8 Å². The molecular formula is C62H117NO5. The van der Waals surface area contributed by atoms with Crippen LogP contribution in [0.4, 0.5) is 0 Å². The normalized spacial score (nSPS) is 12.8. The number of rotatable bonds is 56. The fourth-order valence-corrected chi connectivity index (χ4v) is 9.25. The summed E-state index contributed by atoms with van der Waals surface area (Å²) >= 11 is 0. The molecule has 0 spiro atoms. The first-order chi connectivity index (χ1) is 33.5. The second kappa shape index (κ2) is 57.7. The molecule has 0 bridgehead atoms. The fraction of sp³-hybridized carbons (Fsp3) is 0.871. The molecule has 2 atom stereocenters. The molecule has 3 N–H and O–H groups in total. The second-order valence-corrected chi connectivity index (χ2v) is 20.7. The van der Waals surface area contributed by atoms with Gasteiger partial charge in [-0.25, -0.2) is 0 Å². The topological polar surface area (TPSA) is 95.9 Å². The van der Waals surface area contributed by atoms with Crippen LogP contribution in [0.5, 0.6) is 0 Å². The van der Waals surface area contributed by atoms with Crippen LogP contribution in [0.15, 0.2) is 36.5 Å². The Morgan fingerprint density at radius 1 is 0.412 bits per heavy atom. The predicted octanol–water partition coefficient (Wildman–Crippen LogP) is 18.8. The molecule has 0 aliphatic carbocycles. The van der Waals surface area contributed by atoms with Gasteiger partial charge in [-0.1, -0.05) is 262 Å². The lowest BCUT2D eigenvalue weighted by Gasteiger charge is -2.22. The third-order valence-electron chi connectivity index (χ3n) is 13.9. The van der Waals surface area contributed by atoms with Crippen molar-refractivity contribution >= 4 is 11.9 Å². The third kappa shape index (κ3) is 53.4. The van der Waals surface area contributed by atoms with E-state index in [4.69, 9.17) is 4.74 Å². The number of amides is 1. The lowest BCUT2D eigenvalue weighted by Crippen LogP contribution is -2.45. The van der Waals surface area contributed by atoms with Crippen LogP contribution in [-0.4, -0.2) is 47.4 Å². The number of carbonyl (C=O) groups is 2. The molecule has 0 saturated heterocycles. The van der Waals surface area contributed by atoms with Crippen LogP contribution in [0.2, 0.25) is 0 Å². The zero-order chi connectivity index (χ0) is 49.3. The largest absolute Gasteiger partial charge is 0.466 e. The number of carbonyl (C=O) groups excluding carboxylic acids is 2. The van der Waals surface area contributed by atoms with E-state index in [9.17, 15) is 19.8 Å². The van der Waals surface area contributed by atoms with Gasteiger partial charge in [-0.3, -0.25) is 9.59 Å². The summed E-state index contributed by atoms with van der Waals surface area (Å²) in [6, 6.07) is -0.546. The van der Waals surface area contributed by atoms with Gasteiger partial charge in [0.15, 0.2) is 0 Å². The highest BCUT2D eigenvalue weighted by molar-refractivity contribution is 5.76. The Labute approximate surface area is 424 Å². The quantitative estimate of drug-likeness (QED) is 0.0321. The lowest BCUT2D eigenvalue weighted by molar-refractivity contribution is -0.143. The predicted molar refractivity (Wildman–Crippen MR) is 296 cm³/mol. The highest BCUT2D eigenvalue weighted by atomic mass is 16.5. The summed E-state index contributed by atoms with van der Waals surface area (Å²) < 4.78 is 5.48. The Bertz CT molecular complexity index is 1100. The molecule has 0 aromatic heterocycles. The van der Waals surface area contributed by atoms with E-state index in [1.54, 1.807) is 0 Å². The van der Waals surface area contributed by atoms with Gasteiger partial charge in [0.1, 0.15) is 0 Å². The van der Waals surface area contributed by atoms with Crippen molar-refractivity contribution in [2.75, 3.05) is 13.2 Å². The standard InChI is InChI=1S/C62H117NO5/c1-3-5-7-9-11-13-15-17-18-28-32-36-40-44-48-52-56-62(67)68-57-53-49-45-41-37-33-29-26-24-22-20-19-21-23-25-27-31-35-39-43-47-51-55-61(66)63-59(58-64)60(65)54-50-46-42-38-34-30-16-14-12-10-8-6-4-2/h13,15,18,21,23,28,59-60,64-65H,3-12,14,16-17,19-20,22,24-27,29-58H2,1-2H3,(H,63,66)/b15-13-,23-21-,28-18-. The molecule has 6 nitrogen and oxygen atoms in total. The molecule has 0 rings (SSSR count). The Balaban J connectivity index is 3.41. The van der Waals surface area contributed by atoms with E-state index in [0.29, 0.717) is 25.9 Å². The Morgan fingerprint density at radius 2 is 0.735 bits per heavy atom. The molecule has 0 aromatic rings. The van der Waals surface area contributed by atoms with Crippen molar-refractivity contribution in [1.82, 2.24) is 5.32 Å². The molecule has 6 heteroatoms. The summed E-state index contributed by atoms with van der Waals surface area (Å²) in [6.07, 6.45) is 71.4. The minimum absolute atomic E-state index is 0.00357. The van der Waals surface area contributed by atoms with Crippen LogP contribution in [0.3, 0.4) is 0 Å². The molecular weight excluding hydrogens is 839 g/mol. The zero-order valence-electron chi connectivity index (χ0n) is 45.6. The molecule has 2 unspecified atom stereocenters. The molecule has 0 aromatic carbocycles. The number of nitrogens with one attached hydrogen (secondary N) is 1. The summed E-state index contributed by atoms with van der Waals surface area (Å²) in [5.41, 5.74) is 0. The molecule has 0 heterocycles. The number of hydrogen-bond donors (Lipinski definition) is 3. The van der Waals surface area contributed by atoms with Gasteiger partial charge < -0.3 is 20.3 Å². The maximum Gasteiger partial charge on any atom is 0.305 e. The van der Waals surface area contributed by atoms with E-state index in [-0.39, 0.29) is 18.5 Å². The van der Waals surface area contributed by atoms with Gasteiger partial charge in [-0.05, 0) is 83.5 Å². The van der Waals surface area contributed by atoms with Gasteiger partial charge in [-0.15, -0.1) is 0 Å². The number of unbranched alkanes of at least 4 members (excludes halogenated alkanes) is 39. The zero-order valence-corrected chi connectivity index (χ0v) is 45.6. The summed E-state index contributed by atoms with van der Waals surface area (Å²) in [6.45, 7) is 4.93. The van der Waals surface area contributed by atoms with Gasteiger partial charge in [-0.2, -0.15) is 0 Å². The average molecular weight is 957 g/mol. The van der Waals surface area contributed by atoms with E-state index in [2.05, 4.69) is 55.6 Å². The van der Waals surface area contributed by atoms with Crippen LogP contribution in [0.1, 0.15) is 322 Å². The Kier molecular flexibility index (Phi) is 56.0. The number of ether oxygens (including phenoxy) is 1. The number of aliphatic hydroxyl groups excluding tert-OH is 2. The van der Waals surface area contributed by atoms with Crippen molar-refractivity contribution in [3.05, 3.63) is 36.5 Å². The summed E-state index contributed by atoms with van der Waals surface area (Å²) in [4.78, 5) is 24.5. The summed E-state index contributed by atoms with van der Waals surface area (Å²) in [7, 11) is 0. The number of allylic oxidation sites excluding steroid dienone is 6. The first-order valence-electron chi connectivity index (χ1n) is 30.2. The van der Waals surface area contributed by atoms with Crippen molar-refractivity contribution in [2.24, 2.45) is 0 Å². The van der Waals surface area contributed by atoms with Gasteiger partial charge in [0.25, 0.3) is 0 Å². The van der Waals surface area contributed by atoms with Crippen LogP contribution >= 0.6 is 0 Å². The smallest absolute Gasteiger partial charge is 0.305 e.